The molecule has 2 aliphatic heterocycles. The van der Waals surface area contributed by atoms with Crippen LogP contribution in [0.1, 0.15) is 49.1 Å². The zero-order valence-corrected chi connectivity index (χ0v) is 23.9. The Morgan fingerprint density at radius 3 is 2.97 bits per heavy atom. The minimum Gasteiger partial charge on any atom is -0.487 e. The molecule has 1 spiro atoms. The molecule has 1 amide bonds. The van der Waals surface area contributed by atoms with Gasteiger partial charge in [-0.15, -0.1) is 17.9 Å². The van der Waals surface area contributed by atoms with Crippen molar-refractivity contribution < 1.29 is 14.6 Å². The lowest BCUT2D eigenvalue weighted by Crippen LogP contribution is -2.78. The minimum atomic E-state index is -0.888. The van der Waals surface area contributed by atoms with Gasteiger partial charge in [0.05, 0.1) is 17.1 Å². The van der Waals surface area contributed by atoms with Crippen molar-refractivity contribution in [3.8, 4) is 5.75 Å². The lowest BCUT2D eigenvalue weighted by Gasteiger charge is -2.64. The number of carbonyl (C=O) groups excluding carboxylic acids is 1. The normalized spacial score (nSPS) is 31.9. The standard InChI is InChI=1S/C30H35BrN2O3S/c1-4-13-32-14-12-29-27-20-6-5-7-24(27)36-28(29)23(10-11-30(29,35)25(32)15-20)33(17-19(2)3)26(34)9-8-22-16-21(31)18-37-22/h4-9,16,18-19,23,25,28,35H,1,10-15,17H2,2-3H3/b9-8+/t23-,25-,28+,29+,30-/m1/s1. The van der Waals surface area contributed by atoms with Crippen molar-refractivity contribution in [2.24, 2.45) is 5.92 Å². The Morgan fingerprint density at radius 1 is 1.41 bits per heavy atom. The van der Waals surface area contributed by atoms with Crippen LogP contribution in [0.5, 0.6) is 5.75 Å². The van der Waals surface area contributed by atoms with Crippen molar-refractivity contribution in [3.05, 3.63) is 68.9 Å². The Kier molecular flexibility index (Phi) is 6.42. The van der Waals surface area contributed by atoms with Crippen molar-refractivity contribution >= 4 is 39.2 Å². The van der Waals surface area contributed by atoms with Gasteiger partial charge in [-0.2, -0.15) is 0 Å². The van der Waals surface area contributed by atoms with E-state index in [4.69, 9.17) is 4.74 Å². The molecule has 196 valence electrons. The molecule has 1 saturated heterocycles. The molecule has 1 aromatic carbocycles. The van der Waals surface area contributed by atoms with E-state index in [0.29, 0.717) is 18.9 Å². The van der Waals surface area contributed by atoms with Crippen LogP contribution in [0.3, 0.4) is 0 Å². The molecule has 2 aliphatic carbocycles. The van der Waals surface area contributed by atoms with Gasteiger partial charge < -0.3 is 14.7 Å². The van der Waals surface area contributed by atoms with Gasteiger partial charge in [0.25, 0.3) is 0 Å². The maximum Gasteiger partial charge on any atom is 0.246 e. The summed E-state index contributed by atoms with van der Waals surface area (Å²) in [5.41, 5.74) is 1.10. The van der Waals surface area contributed by atoms with E-state index in [1.807, 2.05) is 28.5 Å². The summed E-state index contributed by atoms with van der Waals surface area (Å²) in [5.74, 6) is 1.24. The quantitative estimate of drug-likeness (QED) is 0.350. The van der Waals surface area contributed by atoms with E-state index in [9.17, 15) is 9.90 Å². The van der Waals surface area contributed by atoms with Crippen molar-refractivity contribution in [1.82, 2.24) is 9.80 Å². The lowest BCUT2D eigenvalue weighted by molar-refractivity contribution is -0.199. The van der Waals surface area contributed by atoms with Crippen LogP contribution < -0.4 is 4.74 Å². The molecule has 2 bridgehead atoms. The summed E-state index contributed by atoms with van der Waals surface area (Å²) >= 11 is 5.11. The first-order valence-corrected chi connectivity index (χ1v) is 15.0. The summed E-state index contributed by atoms with van der Waals surface area (Å²) in [6.07, 6.45) is 8.34. The van der Waals surface area contributed by atoms with E-state index >= 15 is 0 Å². The van der Waals surface area contributed by atoms with Gasteiger partial charge in [-0.25, -0.2) is 0 Å². The molecular weight excluding hydrogens is 548 g/mol. The molecule has 2 fully saturated rings. The van der Waals surface area contributed by atoms with Gasteiger partial charge in [0.2, 0.25) is 5.91 Å². The fourth-order valence-corrected chi connectivity index (χ4v) is 9.06. The van der Waals surface area contributed by atoms with E-state index < -0.39 is 11.0 Å². The Bertz CT molecular complexity index is 1260. The number of rotatable bonds is 7. The van der Waals surface area contributed by atoms with Crippen molar-refractivity contribution in [2.45, 2.75) is 68.7 Å². The average Bonchev–Trinajstić information content (AvgIpc) is 3.43. The number of aliphatic hydroxyl groups is 1. The van der Waals surface area contributed by atoms with Crippen LogP contribution in [-0.2, 0) is 16.6 Å². The largest absolute Gasteiger partial charge is 0.487 e. The molecule has 5 nitrogen and oxygen atoms in total. The molecule has 5 atom stereocenters. The Hall–Kier alpha value is -1.93. The third kappa shape index (κ3) is 3.80. The molecule has 1 saturated carbocycles. The third-order valence-corrected chi connectivity index (χ3v) is 10.7. The van der Waals surface area contributed by atoms with Crippen LogP contribution in [0, 0.1) is 5.92 Å². The van der Waals surface area contributed by atoms with Crippen molar-refractivity contribution in [1.29, 1.82) is 0 Å². The summed E-state index contributed by atoms with van der Waals surface area (Å²) in [5, 5.41) is 14.6. The molecule has 37 heavy (non-hydrogen) atoms. The van der Waals surface area contributed by atoms with Gasteiger partial charge in [-0.3, -0.25) is 9.69 Å². The van der Waals surface area contributed by atoms with Gasteiger partial charge in [-0.05, 0) is 77.8 Å². The first-order valence-electron chi connectivity index (χ1n) is 13.4. The zero-order chi connectivity index (χ0) is 25.9. The monoisotopic (exact) mass is 582 g/mol. The molecule has 3 heterocycles. The van der Waals surface area contributed by atoms with Crippen LogP contribution in [0.2, 0.25) is 0 Å². The van der Waals surface area contributed by atoms with E-state index in [0.717, 1.165) is 47.5 Å². The fourth-order valence-electron chi connectivity index (χ4n) is 7.73. The first-order chi connectivity index (χ1) is 17.8. The summed E-state index contributed by atoms with van der Waals surface area (Å²) in [7, 11) is 0. The number of likely N-dealkylation sites (tertiary alicyclic amines) is 1. The van der Waals surface area contributed by atoms with Crippen LogP contribution in [0.4, 0.5) is 0 Å². The Balaban J connectivity index is 1.40. The average molecular weight is 584 g/mol. The predicted octanol–water partition coefficient (Wildman–Crippen LogP) is 5.42. The van der Waals surface area contributed by atoms with Gasteiger partial charge in [0.15, 0.2) is 0 Å². The topological polar surface area (TPSA) is 53.0 Å². The van der Waals surface area contributed by atoms with Gasteiger partial charge in [-0.1, -0.05) is 32.1 Å². The third-order valence-electron chi connectivity index (χ3n) is 9.03. The highest BCUT2D eigenvalue weighted by Gasteiger charge is 2.73. The second-order valence-corrected chi connectivity index (χ2v) is 13.3. The first kappa shape index (κ1) is 25.4. The summed E-state index contributed by atoms with van der Waals surface area (Å²) in [4.78, 5) is 19.2. The minimum absolute atomic E-state index is 0.0151. The van der Waals surface area contributed by atoms with Gasteiger partial charge >= 0.3 is 0 Å². The number of carbonyl (C=O) groups is 1. The van der Waals surface area contributed by atoms with E-state index in [2.05, 4.69) is 59.5 Å². The van der Waals surface area contributed by atoms with E-state index in [1.165, 1.54) is 11.1 Å². The smallest absolute Gasteiger partial charge is 0.246 e. The predicted molar refractivity (Wildman–Crippen MR) is 152 cm³/mol. The van der Waals surface area contributed by atoms with Crippen molar-refractivity contribution in [3.63, 3.8) is 0 Å². The number of hydrogen-bond donors (Lipinski definition) is 1. The van der Waals surface area contributed by atoms with Crippen LogP contribution in [0.25, 0.3) is 6.08 Å². The molecule has 0 radical (unpaired) electrons. The molecule has 2 aromatic rings. The number of hydrogen-bond acceptors (Lipinski definition) is 5. The number of piperidine rings is 1. The molecule has 6 rings (SSSR count). The summed E-state index contributed by atoms with van der Waals surface area (Å²) < 4.78 is 7.83. The number of ether oxygens (including phenoxy) is 1. The van der Waals surface area contributed by atoms with Crippen molar-refractivity contribution in [2.75, 3.05) is 19.6 Å². The second kappa shape index (κ2) is 9.37. The van der Waals surface area contributed by atoms with Crippen LogP contribution in [-0.4, -0.2) is 64.2 Å². The zero-order valence-electron chi connectivity index (χ0n) is 21.5. The molecule has 7 heteroatoms. The molecule has 0 unspecified atom stereocenters. The fraction of sp³-hybridized carbons (Fsp3) is 0.500. The number of amides is 1. The number of benzene rings is 1. The maximum absolute atomic E-state index is 13.8. The van der Waals surface area contributed by atoms with Crippen LogP contribution in [0.15, 0.2) is 52.8 Å². The van der Waals surface area contributed by atoms with E-state index in [-0.39, 0.29) is 24.1 Å². The Morgan fingerprint density at radius 2 is 2.24 bits per heavy atom. The number of halogens is 1. The highest BCUT2D eigenvalue weighted by Crippen LogP contribution is 2.64. The highest BCUT2D eigenvalue weighted by atomic mass is 79.9. The van der Waals surface area contributed by atoms with Crippen LogP contribution >= 0.6 is 27.3 Å². The molecule has 1 N–H and O–H groups in total. The SMILES string of the molecule is C=CCN1CC[C@]23c4c5cccc4O[C@H]2[C@H](N(CC(C)C)C(=O)/C=C/c2cc(Br)cs2)CC[C@@]3(O)[C@H]1C5. The second-order valence-electron chi connectivity index (χ2n) is 11.5. The van der Waals surface area contributed by atoms with E-state index in [1.54, 1.807) is 17.4 Å². The number of thiophene rings is 1. The number of nitrogens with zero attached hydrogens (tertiary/aromatic N) is 2. The lowest BCUT2D eigenvalue weighted by atomic mass is 9.48. The molecule has 1 aromatic heterocycles. The highest BCUT2D eigenvalue weighted by molar-refractivity contribution is 9.10. The molecule has 4 aliphatic rings. The molecular formula is C30H35BrN2O3S. The summed E-state index contributed by atoms with van der Waals surface area (Å²) in [6, 6.07) is 8.30. The maximum atomic E-state index is 13.8. The van der Waals surface area contributed by atoms with Gasteiger partial charge in [0.1, 0.15) is 11.9 Å². The Labute approximate surface area is 231 Å². The van der Waals surface area contributed by atoms with Gasteiger partial charge in [0, 0.05) is 45.5 Å². The summed E-state index contributed by atoms with van der Waals surface area (Å²) in [6.45, 7) is 10.6.